The molecule has 1 atom stereocenters. The van der Waals surface area contributed by atoms with E-state index in [0.29, 0.717) is 0 Å². The Balaban J connectivity index is 1.98. The van der Waals surface area contributed by atoms with Crippen LogP contribution in [0.2, 0.25) is 5.02 Å². The van der Waals surface area contributed by atoms with Gasteiger partial charge in [0, 0.05) is 5.02 Å². The third kappa shape index (κ3) is 2.44. The molecule has 1 aliphatic carbocycles. The molecule has 2 heteroatoms. The second-order valence-corrected chi connectivity index (χ2v) is 5.43. The molecule has 19 heavy (non-hydrogen) atoms. The minimum Gasteiger partial charge on any atom is -0.389 e. The van der Waals surface area contributed by atoms with Gasteiger partial charge in [-0.25, -0.2) is 0 Å². The third-order valence-corrected chi connectivity index (χ3v) is 3.67. The molecule has 0 radical (unpaired) electrons. The zero-order valence-corrected chi connectivity index (χ0v) is 11.5. The topological polar surface area (TPSA) is 20.2 Å². The maximum absolute atomic E-state index is 9.28. The van der Waals surface area contributed by atoms with Crippen molar-refractivity contribution in [1.82, 2.24) is 0 Å². The van der Waals surface area contributed by atoms with Gasteiger partial charge in [-0.05, 0) is 53.3 Å². The van der Waals surface area contributed by atoms with Crippen LogP contribution in [0.4, 0.5) is 0 Å². The van der Waals surface area contributed by atoms with E-state index in [4.69, 9.17) is 11.6 Å². The van der Waals surface area contributed by atoms with Crippen molar-refractivity contribution in [3.63, 3.8) is 0 Å². The highest BCUT2D eigenvalue weighted by molar-refractivity contribution is 6.30. The first-order valence-electron chi connectivity index (χ1n) is 6.41. The van der Waals surface area contributed by atoms with Crippen molar-refractivity contribution in [1.29, 1.82) is 0 Å². The van der Waals surface area contributed by atoms with Gasteiger partial charge in [-0.2, -0.15) is 0 Å². The molecule has 1 unspecified atom stereocenters. The summed E-state index contributed by atoms with van der Waals surface area (Å²) in [4.78, 5) is 0. The summed E-state index contributed by atoms with van der Waals surface area (Å²) < 4.78 is 0. The van der Waals surface area contributed by atoms with Crippen molar-refractivity contribution in [3.8, 4) is 11.1 Å². The number of hydrogen-bond donors (Lipinski definition) is 1. The Morgan fingerprint density at radius 1 is 1.11 bits per heavy atom. The first-order chi connectivity index (χ1) is 9.13. The van der Waals surface area contributed by atoms with Gasteiger partial charge in [-0.15, -0.1) is 0 Å². The lowest BCUT2D eigenvalue weighted by molar-refractivity contribution is 0.245. The molecule has 0 spiro atoms. The molecule has 1 nitrogen and oxygen atoms in total. The lowest BCUT2D eigenvalue weighted by Crippen LogP contribution is -1.91. The van der Waals surface area contributed by atoms with Crippen LogP contribution in [0.3, 0.4) is 0 Å². The van der Waals surface area contributed by atoms with Crippen molar-refractivity contribution in [2.24, 2.45) is 0 Å². The van der Waals surface area contributed by atoms with E-state index >= 15 is 0 Å². The van der Waals surface area contributed by atoms with Gasteiger partial charge in [0.25, 0.3) is 0 Å². The Morgan fingerprint density at radius 3 is 2.53 bits per heavy atom. The predicted molar refractivity (Wildman–Crippen MR) is 80.4 cm³/mol. The Kier molecular flexibility index (Phi) is 3.17. The predicted octanol–water partition coefficient (Wildman–Crippen LogP) is 4.31. The lowest BCUT2D eigenvalue weighted by Gasteiger charge is -2.02. The van der Waals surface area contributed by atoms with Crippen LogP contribution in [0.15, 0.2) is 42.5 Å². The molecule has 0 aliphatic heterocycles. The number of halogens is 1. The summed E-state index contributed by atoms with van der Waals surface area (Å²) >= 11 is 6.04. The average molecular weight is 271 g/mol. The average Bonchev–Trinajstić information content (AvgIpc) is 2.72. The van der Waals surface area contributed by atoms with E-state index < -0.39 is 6.10 Å². The van der Waals surface area contributed by atoms with Gasteiger partial charge >= 0.3 is 0 Å². The molecule has 0 amide bonds. The van der Waals surface area contributed by atoms with E-state index in [-0.39, 0.29) is 0 Å². The Hall–Kier alpha value is -1.57. The van der Waals surface area contributed by atoms with Crippen molar-refractivity contribution in [3.05, 3.63) is 64.2 Å². The Bertz CT molecular complexity index is 656. The number of benzene rings is 2. The van der Waals surface area contributed by atoms with E-state index in [1.54, 1.807) is 13.0 Å². The molecule has 0 aromatic heterocycles. The smallest absolute Gasteiger partial charge is 0.0696 e. The van der Waals surface area contributed by atoms with E-state index in [2.05, 4.69) is 24.3 Å². The standard InChI is InChI=1S/C17H15ClO/c1-11(19)2-3-12-4-6-16-13(8-12)9-14-10-15(18)5-7-17(14)16/h2-8,10-11,19H,9H2,1H3. The van der Waals surface area contributed by atoms with Crippen LogP contribution in [-0.4, -0.2) is 11.2 Å². The van der Waals surface area contributed by atoms with Crippen molar-refractivity contribution >= 4 is 17.7 Å². The number of hydrogen-bond acceptors (Lipinski definition) is 1. The van der Waals surface area contributed by atoms with Crippen LogP contribution in [0.1, 0.15) is 23.6 Å². The minimum absolute atomic E-state index is 0.413. The summed E-state index contributed by atoms with van der Waals surface area (Å²) in [5.74, 6) is 0. The van der Waals surface area contributed by atoms with Crippen LogP contribution in [0.25, 0.3) is 17.2 Å². The fourth-order valence-corrected chi connectivity index (χ4v) is 2.75. The SMILES string of the molecule is CC(O)C=Cc1ccc2c(c1)Cc1cc(Cl)ccc1-2. The highest BCUT2D eigenvalue weighted by Gasteiger charge is 2.18. The van der Waals surface area contributed by atoms with Gasteiger partial charge in [0.2, 0.25) is 0 Å². The molecule has 0 bridgehead atoms. The van der Waals surface area contributed by atoms with Gasteiger partial charge in [-0.3, -0.25) is 0 Å². The van der Waals surface area contributed by atoms with E-state index in [1.165, 1.54) is 22.3 Å². The zero-order valence-electron chi connectivity index (χ0n) is 10.7. The first kappa shape index (κ1) is 12.5. The summed E-state index contributed by atoms with van der Waals surface area (Å²) in [5.41, 5.74) is 6.31. The van der Waals surface area contributed by atoms with E-state index in [0.717, 1.165) is 17.0 Å². The second kappa shape index (κ2) is 4.84. The number of rotatable bonds is 2. The van der Waals surface area contributed by atoms with Gasteiger partial charge in [0.15, 0.2) is 0 Å². The quantitative estimate of drug-likeness (QED) is 0.736. The van der Waals surface area contributed by atoms with E-state index in [9.17, 15) is 5.11 Å². The first-order valence-corrected chi connectivity index (χ1v) is 6.79. The fourth-order valence-electron chi connectivity index (χ4n) is 2.55. The Labute approximate surface area is 118 Å². The normalized spacial score (nSPS) is 14.5. The number of aliphatic hydroxyl groups excluding tert-OH is 1. The molecule has 2 aromatic rings. The second-order valence-electron chi connectivity index (χ2n) is 4.99. The highest BCUT2D eigenvalue weighted by Crippen LogP contribution is 2.38. The molecule has 0 fully saturated rings. The molecule has 0 saturated carbocycles. The highest BCUT2D eigenvalue weighted by atomic mass is 35.5. The fraction of sp³-hybridized carbons (Fsp3) is 0.176. The van der Waals surface area contributed by atoms with Crippen LogP contribution in [0.5, 0.6) is 0 Å². The van der Waals surface area contributed by atoms with Gasteiger partial charge in [-0.1, -0.05) is 48.0 Å². The zero-order chi connectivity index (χ0) is 13.4. The summed E-state index contributed by atoms with van der Waals surface area (Å²) in [5, 5.41) is 10.1. The maximum atomic E-state index is 9.28. The molecule has 0 saturated heterocycles. The summed E-state index contributed by atoms with van der Waals surface area (Å²) in [6.45, 7) is 1.75. The molecule has 2 aromatic carbocycles. The molecule has 1 N–H and O–H groups in total. The molecule has 0 heterocycles. The van der Waals surface area contributed by atoms with Gasteiger partial charge < -0.3 is 5.11 Å². The third-order valence-electron chi connectivity index (χ3n) is 3.43. The monoisotopic (exact) mass is 270 g/mol. The molecule has 96 valence electrons. The number of fused-ring (bicyclic) bond motifs is 3. The molecule has 3 rings (SSSR count). The summed E-state index contributed by atoms with van der Waals surface area (Å²) in [7, 11) is 0. The number of aliphatic hydroxyl groups is 1. The lowest BCUT2D eigenvalue weighted by atomic mass is 10.0. The Morgan fingerprint density at radius 2 is 1.79 bits per heavy atom. The van der Waals surface area contributed by atoms with Crippen molar-refractivity contribution in [2.45, 2.75) is 19.4 Å². The molecular formula is C17H15ClO. The van der Waals surface area contributed by atoms with Crippen LogP contribution in [-0.2, 0) is 6.42 Å². The largest absolute Gasteiger partial charge is 0.389 e. The van der Waals surface area contributed by atoms with Crippen LogP contribution in [0, 0.1) is 0 Å². The van der Waals surface area contributed by atoms with Gasteiger partial charge in [0.1, 0.15) is 0 Å². The maximum Gasteiger partial charge on any atom is 0.0696 e. The minimum atomic E-state index is -0.413. The summed E-state index contributed by atoms with van der Waals surface area (Å²) in [6, 6.07) is 12.5. The van der Waals surface area contributed by atoms with E-state index in [1.807, 2.05) is 18.2 Å². The van der Waals surface area contributed by atoms with Crippen LogP contribution >= 0.6 is 11.6 Å². The molecule has 1 aliphatic rings. The van der Waals surface area contributed by atoms with Crippen molar-refractivity contribution < 1.29 is 5.11 Å². The van der Waals surface area contributed by atoms with Gasteiger partial charge in [0.05, 0.1) is 6.10 Å². The van der Waals surface area contributed by atoms with Crippen LogP contribution < -0.4 is 0 Å². The molecular weight excluding hydrogens is 256 g/mol. The van der Waals surface area contributed by atoms with Crippen molar-refractivity contribution in [2.75, 3.05) is 0 Å². The summed E-state index contributed by atoms with van der Waals surface area (Å²) in [6.07, 6.45) is 4.27.